The average molecular weight is 327 g/mol. The molecule has 1 heterocycles. The van der Waals surface area contributed by atoms with Crippen molar-refractivity contribution < 1.29 is 9.18 Å². The Bertz CT molecular complexity index is 754. The molecule has 4 nitrogen and oxygen atoms in total. The van der Waals surface area contributed by atoms with Crippen LogP contribution in [-0.4, -0.2) is 22.9 Å². The summed E-state index contributed by atoms with van der Waals surface area (Å²) >= 11 is 0. The van der Waals surface area contributed by atoms with Gasteiger partial charge in [0.1, 0.15) is 5.82 Å². The van der Waals surface area contributed by atoms with Gasteiger partial charge in [-0.1, -0.05) is 19.9 Å². The zero-order valence-corrected chi connectivity index (χ0v) is 14.5. The molecule has 126 valence electrons. The summed E-state index contributed by atoms with van der Waals surface area (Å²) in [6.45, 7) is 9.36. The van der Waals surface area contributed by atoms with Crippen LogP contribution in [-0.2, 0) is 11.2 Å². The predicted octanol–water partition coefficient (Wildman–Crippen LogP) is 4.12. The van der Waals surface area contributed by atoms with E-state index >= 15 is 0 Å². The van der Waals surface area contributed by atoms with Gasteiger partial charge in [-0.2, -0.15) is 0 Å². The largest absolute Gasteiger partial charge is 0.284 e. The summed E-state index contributed by atoms with van der Waals surface area (Å²) < 4.78 is 13.3. The first-order valence-electron chi connectivity index (χ1n) is 7.87. The van der Waals surface area contributed by atoms with Crippen LogP contribution in [0.1, 0.15) is 37.9 Å². The minimum Gasteiger partial charge on any atom is -0.284 e. The number of rotatable bonds is 5. The highest BCUT2D eigenvalue weighted by molar-refractivity contribution is 5.89. The normalized spacial score (nSPS) is 10.8. The number of amides is 1. The van der Waals surface area contributed by atoms with Crippen molar-refractivity contribution in [3.05, 3.63) is 54.0 Å². The number of allylic oxidation sites excluding steroid dienone is 1. The van der Waals surface area contributed by atoms with E-state index in [4.69, 9.17) is 0 Å². The molecule has 0 unspecified atom stereocenters. The first kappa shape index (κ1) is 17.8. The van der Waals surface area contributed by atoms with E-state index in [0.29, 0.717) is 18.1 Å². The Morgan fingerprint density at radius 2 is 1.92 bits per heavy atom. The summed E-state index contributed by atoms with van der Waals surface area (Å²) in [5, 5.41) is 0. The molecule has 0 radical (unpaired) electrons. The summed E-state index contributed by atoms with van der Waals surface area (Å²) in [5.74, 6) is 0.0501. The molecular formula is C19H22FN3O. The van der Waals surface area contributed by atoms with Crippen molar-refractivity contribution in [3.8, 4) is 11.3 Å². The van der Waals surface area contributed by atoms with E-state index in [0.717, 1.165) is 16.8 Å². The van der Waals surface area contributed by atoms with Crippen molar-refractivity contribution >= 4 is 11.9 Å². The fourth-order valence-corrected chi connectivity index (χ4v) is 2.45. The summed E-state index contributed by atoms with van der Waals surface area (Å²) in [5.41, 5.74) is 3.31. The van der Waals surface area contributed by atoms with Gasteiger partial charge in [0, 0.05) is 25.1 Å². The second kappa shape index (κ2) is 7.34. The summed E-state index contributed by atoms with van der Waals surface area (Å²) in [4.78, 5) is 22.3. The van der Waals surface area contributed by atoms with Crippen molar-refractivity contribution in [1.82, 2.24) is 9.97 Å². The molecule has 1 aromatic carbocycles. The minimum atomic E-state index is -0.303. The van der Waals surface area contributed by atoms with E-state index in [-0.39, 0.29) is 17.6 Å². The maximum Gasteiger partial charge on any atom is 0.232 e. The molecule has 0 spiro atoms. The third kappa shape index (κ3) is 3.67. The minimum absolute atomic E-state index is 0.147. The lowest BCUT2D eigenvalue weighted by atomic mass is 9.96. The lowest BCUT2D eigenvalue weighted by Crippen LogP contribution is -2.26. The molecule has 0 N–H and O–H groups in total. The highest BCUT2D eigenvalue weighted by atomic mass is 19.1. The Hall–Kier alpha value is -2.56. The molecule has 0 saturated carbocycles. The van der Waals surface area contributed by atoms with Crippen molar-refractivity contribution in [2.75, 3.05) is 11.9 Å². The van der Waals surface area contributed by atoms with Gasteiger partial charge < -0.3 is 0 Å². The third-order valence-corrected chi connectivity index (χ3v) is 3.81. The van der Waals surface area contributed by atoms with Crippen LogP contribution in [0.5, 0.6) is 0 Å². The highest BCUT2D eigenvalue weighted by Crippen LogP contribution is 2.30. The Labute approximate surface area is 142 Å². The number of carbonyl (C=O) groups excluding carboxylic acids is 1. The first-order valence-corrected chi connectivity index (χ1v) is 7.87. The van der Waals surface area contributed by atoms with Crippen molar-refractivity contribution in [3.63, 3.8) is 0 Å². The van der Waals surface area contributed by atoms with Crippen LogP contribution in [0, 0.1) is 5.82 Å². The van der Waals surface area contributed by atoms with Crippen molar-refractivity contribution in [1.29, 1.82) is 0 Å². The molecule has 0 aliphatic rings. The van der Waals surface area contributed by atoms with Crippen LogP contribution in [0.2, 0.25) is 0 Å². The van der Waals surface area contributed by atoms with Gasteiger partial charge in [-0.25, -0.2) is 14.4 Å². The van der Waals surface area contributed by atoms with E-state index in [1.165, 1.54) is 24.0 Å². The van der Waals surface area contributed by atoms with Crippen LogP contribution in [0.25, 0.3) is 11.3 Å². The topological polar surface area (TPSA) is 46.1 Å². The van der Waals surface area contributed by atoms with E-state index in [1.54, 1.807) is 25.3 Å². The van der Waals surface area contributed by atoms with Crippen LogP contribution >= 0.6 is 0 Å². The van der Waals surface area contributed by atoms with Crippen molar-refractivity contribution in [2.45, 2.75) is 33.1 Å². The quantitative estimate of drug-likeness (QED) is 0.776. The number of nitrogens with zero attached hydrogens (tertiary/aromatic N) is 3. The molecule has 0 aliphatic heterocycles. The number of hydrogen-bond donors (Lipinski definition) is 0. The Morgan fingerprint density at radius 3 is 2.42 bits per heavy atom. The van der Waals surface area contributed by atoms with E-state index in [9.17, 15) is 9.18 Å². The number of hydrogen-bond acceptors (Lipinski definition) is 3. The van der Waals surface area contributed by atoms with Gasteiger partial charge >= 0.3 is 0 Å². The van der Waals surface area contributed by atoms with Crippen LogP contribution < -0.4 is 4.90 Å². The SMILES string of the molecule is C=CCc1c(-c2ccc(F)cc2)nc(N(C)C(C)=O)nc1C(C)C. The highest BCUT2D eigenvalue weighted by Gasteiger charge is 2.20. The molecule has 1 aromatic heterocycles. The Kier molecular flexibility index (Phi) is 5.44. The first-order chi connectivity index (χ1) is 11.3. The van der Waals surface area contributed by atoms with Gasteiger partial charge in [-0.05, 0) is 36.6 Å². The lowest BCUT2D eigenvalue weighted by Gasteiger charge is -2.20. The Morgan fingerprint density at radius 1 is 1.29 bits per heavy atom. The fraction of sp³-hybridized carbons (Fsp3) is 0.316. The molecule has 2 aromatic rings. The molecular weight excluding hydrogens is 305 g/mol. The summed E-state index contributed by atoms with van der Waals surface area (Å²) in [6, 6.07) is 6.18. The molecule has 0 bridgehead atoms. The van der Waals surface area contributed by atoms with Gasteiger partial charge in [-0.15, -0.1) is 6.58 Å². The number of anilines is 1. The number of aromatic nitrogens is 2. The molecule has 0 atom stereocenters. The van der Waals surface area contributed by atoms with Crippen LogP contribution in [0.15, 0.2) is 36.9 Å². The molecule has 2 rings (SSSR count). The molecule has 1 amide bonds. The maximum atomic E-state index is 13.3. The second-order valence-electron chi connectivity index (χ2n) is 5.97. The van der Waals surface area contributed by atoms with E-state index in [1.807, 2.05) is 13.8 Å². The molecule has 24 heavy (non-hydrogen) atoms. The zero-order chi connectivity index (χ0) is 17.9. The van der Waals surface area contributed by atoms with Gasteiger partial charge in [0.2, 0.25) is 11.9 Å². The number of benzene rings is 1. The molecule has 0 saturated heterocycles. The molecule has 0 aliphatic carbocycles. The predicted molar refractivity (Wildman–Crippen MR) is 94.5 cm³/mol. The monoisotopic (exact) mass is 327 g/mol. The third-order valence-electron chi connectivity index (χ3n) is 3.81. The van der Waals surface area contributed by atoms with E-state index in [2.05, 4.69) is 16.5 Å². The molecule has 0 fully saturated rings. The summed E-state index contributed by atoms with van der Waals surface area (Å²) in [6.07, 6.45) is 2.40. The maximum absolute atomic E-state index is 13.3. The smallest absolute Gasteiger partial charge is 0.232 e. The number of carbonyl (C=O) groups is 1. The standard InChI is InChI=1S/C19H22FN3O/c1-6-7-16-17(12(2)3)21-19(23(5)13(4)24)22-18(16)14-8-10-15(20)11-9-14/h6,8-12H,1,7H2,2-5H3. The number of halogens is 1. The Balaban J connectivity index is 2.74. The van der Waals surface area contributed by atoms with Gasteiger partial charge in [0.05, 0.1) is 11.4 Å². The van der Waals surface area contributed by atoms with Crippen LogP contribution in [0.3, 0.4) is 0 Å². The van der Waals surface area contributed by atoms with E-state index < -0.39 is 0 Å². The zero-order valence-electron chi connectivity index (χ0n) is 14.5. The van der Waals surface area contributed by atoms with Gasteiger partial charge in [0.25, 0.3) is 0 Å². The van der Waals surface area contributed by atoms with Crippen LogP contribution in [0.4, 0.5) is 10.3 Å². The van der Waals surface area contributed by atoms with Gasteiger partial charge in [0.15, 0.2) is 0 Å². The molecule has 5 heteroatoms. The fourth-order valence-electron chi connectivity index (χ4n) is 2.45. The van der Waals surface area contributed by atoms with Gasteiger partial charge in [-0.3, -0.25) is 9.69 Å². The second-order valence-corrected chi connectivity index (χ2v) is 5.97. The average Bonchev–Trinajstić information content (AvgIpc) is 2.55. The van der Waals surface area contributed by atoms with Crippen molar-refractivity contribution in [2.24, 2.45) is 0 Å². The lowest BCUT2D eigenvalue weighted by molar-refractivity contribution is -0.116. The summed E-state index contributed by atoms with van der Waals surface area (Å²) in [7, 11) is 1.64.